The fourth-order valence-electron chi connectivity index (χ4n) is 4.00. The van der Waals surface area contributed by atoms with Crippen molar-refractivity contribution < 1.29 is 12.4 Å². The Morgan fingerprint density at radius 2 is 1.95 bits per heavy atom. The lowest BCUT2D eigenvalue weighted by Crippen LogP contribution is -2.34. The normalized spacial score (nSPS) is 15.2. The summed E-state index contributed by atoms with van der Waals surface area (Å²) < 4.78 is 0. The van der Waals surface area contributed by atoms with Crippen molar-refractivity contribution >= 4 is 23.2 Å². The van der Waals surface area contributed by atoms with E-state index in [1.54, 1.807) is 26.1 Å². The van der Waals surface area contributed by atoms with Gasteiger partial charge in [0.1, 0.15) is 0 Å². The van der Waals surface area contributed by atoms with E-state index >= 15 is 0 Å². The highest BCUT2D eigenvalue weighted by Crippen LogP contribution is 2.19. The van der Waals surface area contributed by atoms with E-state index < -0.39 is 0 Å². The summed E-state index contributed by atoms with van der Waals surface area (Å²) in [4.78, 5) is 32.6. The lowest BCUT2D eigenvalue weighted by atomic mass is 10.0. The number of hydrogen-bond acceptors (Lipinski definition) is 5. The number of nitrogens with one attached hydrogen (secondary N) is 2. The molecule has 0 atom stereocenters. The first-order valence-corrected chi connectivity index (χ1v) is 15.0. The lowest BCUT2D eigenvalue weighted by molar-refractivity contribution is -0.117. The third-order valence-corrected chi connectivity index (χ3v) is 6.24. The quantitative estimate of drug-likeness (QED) is 0.106. The smallest absolute Gasteiger partial charge is 0.250 e. The van der Waals surface area contributed by atoms with E-state index in [0.29, 0.717) is 29.2 Å². The summed E-state index contributed by atoms with van der Waals surface area (Å²) in [5.41, 5.74) is 7.93. The summed E-state index contributed by atoms with van der Waals surface area (Å²) >= 11 is 0. The van der Waals surface area contributed by atoms with E-state index in [-0.39, 0.29) is 14.7 Å². The number of rotatable bonds is 8. The molecule has 0 aromatic carbocycles. The average molecular weight is 600 g/mol. The second-order valence-electron chi connectivity index (χ2n) is 10.2. The molecule has 1 aliphatic carbocycles. The third kappa shape index (κ3) is 14.5. The van der Waals surface area contributed by atoms with Gasteiger partial charge in [-0.05, 0) is 75.1 Å². The Hall–Kier alpha value is -4.63. The molecule has 0 saturated carbocycles. The largest absolute Gasteiger partial charge is 0.383 e. The van der Waals surface area contributed by atoms with Crippen molar-refractivity contribution in [2.24, 2.45) is 0 Å². The molecule has 7 nitrogen and oxygen atoms in total. The fraction of sp³-hybridized carbons (Fsp3) is 0.351. The van der Waals surface area contributed by atoms with Crippen LogP contribution >= 0.6 is 0 Å². The number of aromatic nitrogens is 1. The summed E-state index contributed by atoms with van der Waals surface area (Å²) in [6, 6.07) is 1.72. The molecular formula is C37H53N5O2. The van der Waals surface area contributed by atoms with Gasteiger partial charge in [0.05, 0.1) is 35.4 Å². The highest BCUT2D eigenvalue weighted by Gasteiger charge is 2.13. The van der Waals surface area contributed by atoms with Crippen molar-refractivity contribution in [3.63, 3.8) is 0 Å². The Bertz CT molecular complexity index is 1400. The Kier molecular flexibility index (Phi) is 17.9. The number of allylic oxidation sites excluding steroid dienone is 8. The topological polar surface area (TPSA) is 77.6 Å². The molecule has 1 aliphatic heterocycles. The molecule has 7 heteroatoms. The van der Waals surface area contributed by atoms with Crippen LogP contribution in [0.2, 0.25) is 0 Å². The minimum Gasteiger partial charge on any atom is -0.383 e. The Morgan fingerprint density at radius 3 is 2.61 bits per heavy atom. The average Bonchev–Trinajstić information content (AvgIpc) is 3.17. The molecule has 2 aliphatic rings. The molecule has 0 spiro atoms. The van der Waals surface area contributed by atoms with Gasteiger partial charge in [-0.2, -0.15) is 0 Å². The monoisotopic (exact) mass is 599 g/mol. The van der Waals surface area contributed by atoms with Crippen molar-refractivity contribution in [2.75, 3.05) is 44.4 Å². The molecule has 0 bridgehead atoms. The predicted octanol–water partition coefficient (Wildman–Crippen LogP) is 7.62. The van der Waals surface area contributed by atoms with Crippen molar-refractivity contribution in [3.8, 4) is 11.8 Å². The van der Waals surface area contributed by atoms with Gasteiger partial charge in [-0.15, -0.1) is 5.73 Å². The summed E-state index contributed by atoms with van der Waals surface area (Å²) in [5, 5.41) is 5.63. The predicted molar refractivity (Wildman–Crippen MR) is 190 cm³/mol. The molecular weight excluding hydrogens is 546 g/mol. The summed E-state index contributed by atoms with van der Waals surface area (Å²) in [6.07, 6.45) is 20.1. The van der Waals surface area contributed by atoms with Crippen LogP contribution in [0, 0.1) is 18.8 Å². The SMILES string of the molecule is C=C(C)C(=O)Nc1cc(NC(=O)CN2C/C=C\CCCCC2)cnc1C.C=C=C1C#CC=CC(/C(C=C)=C/N(C)C)=C1.CC.[HH].[HH]. The van der Waals surface area contributed by atoms with E-state index in [4.69, 9.17) is 0 Å². The number of carbonyl (C=O) groups excluding carboxylic acids is 2. The first kappa shape index (κ1) is 37.4. The second kappa shape index (κ2) is 21.1. The maximum atomic E-state index is 12.4. The molecule has 1 aromatic rings. The number of hydrogen-bond donors (Lipinski definition) is 2. The highest BCUT2D eigenvalue weighted by molar-refractivity contribution is 6.03. The number of aryl methyl sites for hydroxylation is 1. The Balaban J connectivity index is 0. The zero-order valence-electron chi connectivity index (χ0n) is 27.4. The molecule has 2 amide bonds. The summed E-state index contributed by atoms with van der Waals surface area (Å²) in [6.45, 7) is 20.5. The lowest BCUT2D eigenvalue weighted by Gasteiger charge is -2.19. The molecule has 238 valence electrons. The van der Waals surface area contributed by atoms with E-state index in [2.05, 4.69) is 70.0 Å². The highest BCUT2D eigenvalue weighted by atomic mass is 16.2. The van der Waals surface area contributed by atoms with Gasteiger partial charge >= 0.3 is 0 Å². The van der Waals surface area contributed by atoms with Gasteiger partial charge in [0.25, 0.3) is 5.91 Å². The van der Waals surface area contributed by atoms with Crippen molar-refractivity contribution in [3.05, 3.63) is 108 Å². The van der Waals surface area contributed by atoms with Crippen LogP contribution in [0.4, 0.5) is 11.4 Å². The molecule has 44 heavy (non-hydrogen) atoms. The first-order chi connectivity index (χ1) is 21.1. The second-order valence-corrected chi connectivity index (χ2v) is 10.2. The van der Waals surface area contributed by atoms with E-state index in [1.807, 2.05) is 63.3 Å². The van der Waals surface area contributed by atoms with E-state index in [0.717, 1.165) is 42.7 Å². The molecule has 2 N–H and O–H groups in total. The van der Waals surface area contributed by atoms with Crippen molar-refractivity contribution in [1.82, 2.24) is 14.8 Å². The van der Waals surface area contributed by atoms with E-state index in [1.165, 1.54) is 12.8 Å². The number of pyridine rings is 1. The number of anilines is 2. The van der Waals surface area contributed by atoms with Crippen LogP contribution < -0.4 is 10.6 Å². The summed E-state index contributed by atoms with van der Waals surface area (Å²) in [7, 11) is 3.95. The van der Waals surface area contributed by atoms with Gasteiger partial charge in [-0.1, -0.05) is 70.1 Å². The number of carbonyl (C=O) groups is 2. The molecule has 0 radical (unpaired) electrons. The minimum absolute atomic E-state index is 0. The minimum atomic E-state index is -0.262. The van der Waals surface area contributed by atoms with Crippen LogP contribution in [0.25, 0.3) is 0 Å². The number of amides is 2. The van der Waals surface area contributed by atoms with Gasteiger partial charge in [0.2, 0.25) is 5.91 Å². The molecule has 2 heterocycles. The van der Waals surface area contributed by atoms with Crippen molar-refractivity contribution in [1.29, 1.82) is 0 Å². The summed E-state index contributed by atoms with van der Waals surface area (Å²) in [5.74, 6) is 5.52. The maximum absolute atomic E-state index is 12.4. The number of nitrogens with zero attached hydrogens (tertiary/aromatic N) is 3. The Morgan fingerprint density at radius 1 is 1.20 bits per heavy atom. The van der Waals surface area contributed by atoms with Crippen LogP contribution in [0.1, 0.15) is 55.0 Å². The van der Waals surface area contributed by atoms with Crippen molar-refractivity contribution in [2.45, 2.75) is 53.4 Å². The standard InChI is InChI=1S/C20H28N4O2.C15H15N.C2H6.2H2/c1-15(2)20(26)23-18-12-17(13-21-16(18)3)22-19(25)14-24-10-8-6-4-5-7-9-11-24;1-5-13-9-7-8-10-15(11-13)14(6-2)12-16(3)4;1-2;;/h6,8,12-13H,1,4-5,7,9-11,14H2,2-3H3,(H,22,25)(H,23,26);6,8,10-12H,1-2H2,3-4H3;1-2H3;2*1H/b8-6-;14-12+;;;. The van der Waals surface area contributed by atoms with Gasteiger partial charge in [0.15, 0.2) is 0 Å². The molecule has 0 fully saturated rings. The Labute approximate surface area is 268 Å². The van der Waals surface area contributed by atoms with Crippen LogP contribution in [0.3, 0.4) is 0 Å². The zero-order chi connectivity index (χ0) is 32.9. The van der Waals surface area contributed by atoms with Gasteiger partial charge in [-0.25, -0.2) is 0 Å². The van der Waals surface area contributed by atoms with Crippen LogP contribution in [0.15, 0.2) is 103 Å². The molecule has 0 unspecified atom stereocenters. The molecule has 0 saturated heterocycles. The van der Waals surface area contributed by atoms with Gasteiger partial charge in [0, 0.05) is 35.3 Å². The first-order valence-electron chi connectivity index (χ1n) is 15.0. The zero-order valence-corrected chi connectivity index (χ0v) is 27.4. The van der Waals surface area contributed by atoms with Gasteiger partial charge < -0.3 is 15.5 Å². The third-order valence-electron chi connectivity index (χ3n) is 6.24. The van der Waals surface area contributed by atoms with Gasteiger partial charge in [-0.3, -0.25) is 19.5 Å². The molecule has 3 rings (SSSR count). The van der Waals surface area contributed by atoms with E-state index in [9.17, 15) is 9.59 Å². The van der Waals surface area contributed by atoms with Crippen LogP contribution in [-0.4, -0.2) is 60.3 Å². The van der Waals surface area contributed by atoms with Crippen LogP contribution in [-0.2, 0) is 9.59 Å². The maximum Gasteiger partial charge on any atom is 0.250 e. The fourth-order valence-corrected chi connectivity index (χ4v) is 4.00. The van der Waals surface area contributed by atoms with Crippen LogP contribution in [0.5, 0.6) is 0 Å². The molecule has 1 aromatic heterocycles.